The van der Waals surface area contributed by atoms with Crippen molar-refractivity contribution in [2.45, 2.75) is 42.4 Å². The molecule has 0 N–H and O–H groups in total. The van der Waals surface area contributed by atoms with Crippen LogP contribution in [-0.4, -0.2) is 13.7 Å². The minimum Gasteiger partial charge on any atom is -0.746 e. The van der Waals surface area contributed by atoms with Crippen molar-refractivity contribution in [3.05, 3.63) is 65.7 Å². The van der Waals surface area contributed by atoms with Crippen molar-refractivity contribution in [2.24, 2.45) is 0 Å². The van der Waals surface area contributed by atoms with Crippen molar-refractivity contribution in [3.8, 4) is 5.75 Å². The average Bonchev–Trinajstić information content (AvgIpc) is 2.89. The maximum atomic E-state index is 12.5. The SMILES string of the molecule is CC/C=C\CCCCOP(=O)([O-])OC1=Cc2ccccc2Sc2c(OC)cccc21.[Na+]. The molecule has 8 heteroatoms. The fourth-order valence-corrected chi connectivity index (χ4v) is 4.98. The molecule has 0 bridgehead atoms. The molecule has 0 aliphatic carbocycles. The summed E-state index contributed by atoms with van der Waals surface area (Å²) in [4.78, 5) is 14.3. The van der Waals surface area contributed by atoms with Crippen LogP contribution in [0.5, 0.6) is 5.75 Å². The summed E-state index contributed by atoms with van der Waals surface area (Å²) in [6, 6.07) is 13.2. The van der Waals surface area contributed by atoms with Gasteiger partial charge >= 0.3 is 37.4 Å². The fraction of sp³-hybridized carbons (Fsp3) is 0.304. The Balaban J connectivity index is 0.00000341. The van der Waals surface area contributed by atoms with Crippen molar-refractivity contribution in [3.63, 3.8) is 0 Å². The summed E-state index contributed by atoms with van der Waals surface area (Å²) >= 11 is 1.52. The summed E-state index contributed by atoms with van der Waals surface area (Å²) in [7, 11) is -2.93. The van der Waals surface area contributed by atoms with Crippen molar-refractivity contribution in [2.75, 3.05) is 13.7 Å². The Kier molecular flexibility index (Phi) is 10.9. The molecule has 0 fully saturated rings. The molecule has 0 saturated heterocycles. The van der Waals surface area contributed by atoms with Crippen molar-refractivity contribution >= 4 is 31.4 Å². The molecule has 0 spiro atoms. The van der Waals surface area contributed by atoms with Crippen molar-refractivity contribution in [1.82, 2.24) is 0 Å². The molecule has 5 nitrogen and oxygen atoms in total. The molecule has 0 radical (unpaired) electrons. The van der Waals surface area contributed by atoms with Gasteiger partial charge in [-0.25, -0.2) is 0 Å². The summed E-state index contributed by atoms with van der Waals surface area (Å²) in [5.41, 5.74) is 1.53. The van der Waals surface area contributed by atoms with E-state index in [1.54, 1.807) is 13.2 Å². The summed E-state index contributed by atoms with van der Waals surface area (Å²) in [5.74, 6) is 0.885. The quantitative estimate of drug-likeness (QED) is 0.231. The van der Waals surface area contributed by atoms with Crippen LogP contribution in [0.25, 0.3) is 11.8 Å². The van der Waals surface area contributed by atoms with Gasteiger partial charge in [0, 0.05) is 10.5 Å². The number of hydrogen-bond acceptors (Lipinski definition) is 6. The Morgan fingerprint density at radius 3 is 2.68 bits per heavy atom. The van der Waals surface area contributed by atoms with Gasteiger partial charge < -0.3 is 18.7 Å². The first-order valence-corrected chi connectivity index (χ1v) is 12.3. The number of methoxy groups -OCH3 is 1. The van der Waals surface area contributed by atoms with Gasteiger partial charge in [0.05, 0.1) is 18.6 Å². The molecule has 1 heterocycles. The number of phosphoric acid groups is 1. The monoisotopic (exact) mass is 468 g/mol. The molecule has 1 atom stereocenters. The third-order valence-corrected chi connectivity index (χ3v) is 6.64. The van der Waals surface area contributed by atoms with E-state index in [-0.39, 0.29) is 41.9 Å². The molecular weight excluding hydrogens is 442 g/mol. The Morgan fingerprint density at radius 1 is 1.10 bits per heavy atom. The van der Waals surface area contributed by atoms with E-state index < -0.39 is 7.82 Å². The fourth-order valence-electron chi connectivity index (χ4n) is 3.04. The first-order chi connectivity index (χ1) is 14.5. The molecule has 160 valence electrons. The van der Waals surface area contributed by atoms with Gasteiger partial charge in [0.15, 0.2) is 0 Å². The van der Waals surface area contributed by atoms with Crippen LogP contribution in [0.1, 0.15) is 43.7 Å². The molecule has 31 heavy (non-hydrogen) atoms. The number of ether oxygens (including phenoxy) is 1. The van der Waals surface area contributed by atoms with E-state index in [1.807, 2.05) is 42.5 Å². The minimum atomic E-state index is -4.52. The number of rotatable bonds is 10. The Hall–Kier alpha value is -0.980. The summed E-state index contributed by atoms with van der Waals surface area (Å²) in [5, 5.41) is 0. The molecule has 2 aromatic carbocycles. The number of phosphoric ester groups is 1. The Morgan fingerprint density at radius 2 is 1.90 bits per heavy atom. The summed E-state index contributed by atoms with van der Waals surface area (Å²) in [6.45, 7) is 2.18. The van der Waals surface area contributed by atoms with Crippen LogP contribution in [-0.2, 0) is 13.6 Å². The van der Waals surface area contributed by atoms with Crippen molar-refractivity contribution in [1.29, 1.82) is 0 Å². The molecule has 1 aliphatic rings. The predicted octanol–water partition coefficient (Wildman–Crippen LogP) is 3.30. The van der Waals surface area contributed by atoms with Crippen molar-refractivity contribution < 1.29 is 52.8 Å². The number of allylic oxidation sites excluding steroid dienone is 2. The standard InChI is InChI=1S/C23H27O5PS.Na/c1-3-4-5-6-7-10-16-27-29(24,25)28-21-17-18-12-8-9-15-22(18)30-23-19(21)13-11-14-20(23)26-2;/h4-5,8-9,11-15,17H,3,6-7,10,16H2,1-2H3,(H,24,25);/q;+1/p-1/b5-4-;. The smallest absolute Gasteiger partial charge is 0.746 e. The van der Waals surface area contributed by atoms with E-state index in [4.69, 9.17) is 13.8 Å². The van der Waals surface area contributed by atoms with Gasteiger partial charge in [-0.2, -0.15) is 0 Å². The van der Waals surface area contributed by atoms with Gasteiger partial charge in [0.25, 0.3) is 0 Å². The average molecular weight is 468 g/mol. The molecule has 0 aromatic heterocycles. The first-order valence-electron chi connectivity index (χ1n) is 10.00. The normalized spacial score (nSPS) is 14.5. The van der Waals surface area contributed by atoms with Crippen LogP contribution >= 0.6 is 19.6 Å². The number of fused-ring (bicyclic) bond motifs is 2. The van der Waals surface area contributed by atoms with Crippen LogP contribution in [0.2, 0.25) is 0 Å². The van der Waals surface area contributed by atoms with Gasteiger partial charge in [0.1, 0.15) is 11.5 Å². The topological polar surface area (TPSA) is 67.8 Å². The molecule has 1 unspecified atom stereocenters. The van der Waals surface area contributed by atoms with E-state index in [1.165, 1.54) is 11.8 Å². The van der Waals surface area contributed by atoms with Gasteiger partial charge in [-0.3, -0.25) is 4.57 Å². The van der Waals surface area contributed by atoms with Crippen LogP contribution in [0.3, 0.4) is 0 Å². The van der Waals surface area contributed by atoms with E-state index in [0.29, 0.717) is 17.7 Å². The third kappa shape index (κ3) is 7.54. The number of benzene rings is 2. The zero-order chi connectivity index (χ0) is 21.4. The summed E-state index contributed by atoms with van der Waals surface area (Å²) in [6.07, 6.45) is 9.36. The zero-order valence-corrected chi connectivity index (χ0v) is 21.9. The zero-order valence-electron chi connectivity index (χ0n) is 18.2. The largest absolute Gasteiger partial charge is 1.00 e. The Labute approximate surface area is 210 Å². The predicted molar refractivity (Wildman–Crippen MR) is 119 cm³/mol. The minimum absolute atomic E-state index is 0. The molecular formula is C23H26NaO5PS. The first kappa shape index (κ1) is 26.3. The van der Waals surface area contributed by atoms with Crippen LogP contribution in [0.15, 0.2) is 64.4 Å². The molecule has 0 saturated carbocycles. The van der Waals surface area contributed by atoms with Gasteiger partial charge in [-0.1, -0.05) is 55.1 Å². The molecule has 2 aromatic rings. The maximum absolute atomic E-state index is 12.5. The molecule has 0 amide bonds. The maximum Gasteiger partial charge on any atom is 1.00 e. The second-order valence-electron chi connectivity index (χ2n) is 6.73. The van der Waals surface area contributed by atoms with Crippen LogP contribution < -0.4 is 39.2 Å². The van der Waals surface area contributed by atoms with E-state index in [2.05, 4.69) is 19.1 Å². The van der Waals surface area contributed by atoms with Crippen LogP contribution in [0, 0.1) is 0 Å². The third-order valence-electron chi connectivity index (χ3n) is 4.51. The number of hydrogen-bond donors (Lipinski definition) is 0. The van der Waals surface area contributed by atoms with Gasteiger partial charge in [-0.15, -0.1) is 0 Å². The van der Waals surface area contributed by atoms with Gasteiger partial charge in [0.2, 0.25) is 0 Å². The van der Waals surface area contributed by atoms with E-state index >= 15 is 0 Å². The van der Waals surface area contributed by atoms with E-state index in [9.17, 15) is 9.46 Å². The summed E-state index contributed by atoms with van der Waals surface area (Å²) < 4.78 is 28.6. The second-order valence-corrected chi connectivity index (χ2v) is 9.12. The molecule has 3 rings (SSSR count). The molecule has 1 aliphatic heterocycles. The van der Waals surface area contributed by atoms with E-state index in [0.717, 1.165) is 34.6 Å². The number of unbranched alkanes of at least 4 members (excludes halogenated alkanes) is 2. The van der Waals surface area contributed by atoms with Gasteiger partial charge in [-0.05, 0) is 55.5 Å². The second kappa shape index (κ2) is 12.9. The Bertz CT molecular complexity index is 976. The van der Waals surface area contributed by atoms with Crippen LogP contribution in [0.4, 0.5) is 0 Å².